The van der Waals surface area contributed by atoms with Crippen molar-refractivity contribution in [1.29, 1.82) is 0 Å². The van der Waals surface area contributed by atoms with E-state index in [9.17, 15) is 0 Å². The number of hydrogen-bond donors (Lipinski definition) is 0. The molecule has 1 nitrogen and oxygen atoms in total. The van der Waals surface area contributed by atoms with Crippen LogP contribution >= 0.6 is 23.2 Å². The van der Waals surface area contributed by atoms with E-state index in [1.807, 2.05) is 12.1 Å². The largest absolute Gasteiger partial charge is 0.308 e. The number of para-hydroxylation sites is 2. The Hall–Kier alpha value is -3.52. The van der Waals surface area contributed by atoms with Crippen LogP contribution in [0.25, 0.3) is 59.6 Å². The van der Waals surface area contributed by atoms with Crippen molar-refractivity contribution in [2.24, 2.45) is 0 Å². The number of rotatable bonds is 0. The first-order valence-electron chi connectivity index (χ1n) is 10.9. The summed E-state index contributed by atoms with van der Waals surface area (Å²) in [7, 11) is 0. The van der Waals surface area contributed by atoms with Crippen LogP contribution in [0.3, 0.4) is 0 Å². The molecule has 0 atom stereocenters. The van der Waals surface area contributed by atoms with Gasteiger partial charge in [0.1, 0.15) is 0 Å². The first-order chi connectivity index (χ1) is 16.2. The highest BCUT2D eigenvalue weighted by atomic mass is 35.5. The third kappa shape index (κ3) is 2.61. The van der Waals surface area contributed by atoms with Crippen molar-refractivity contribution < 1.29 is 0 Å². The third-order valence-electron chi connectivity index (χ3n) is 6.67. The molecule has 0 saturated carbocycles. The van der Waals surface area contributed by atoms with Gasteiger partial charge in [-0.25, -0.2) is 0 Å². The molecule has 0 fully saturated rings. The Kier molecular flexibility index (Phi) is 4.02. The molecule has 7 rings (SSSR count). The van der Waals surface area contributed by atoms with Crippen molar-refractivity contribution in [3.63, 3.8) is 0 Å². The van der Waals surface area contributed by atoms with Gasteiger partial charge in [0.25, 0.3) is 0 Å². The molecule has 156 valence electrons. The first kappa shape index (κ1) is 19.0. The average molecular weight is 462 g/mol. The standard InChI is InChI=1S/C30H17Cl2N/c31-18-16-26(32)29-25-14-7-13-24-22-11-4-2-9-20(22)19-8-1-3-10-21(19)23-12-5-6-15-27(23)33(30(24)25)28(29)17-18/h1-17H. The van der Waals surface area contributed by atoms with Gasteiger partial charge in [-0.15, -0.1) is 0 Å². The minimum Gasteiger partial charge on any atom is -0.308 e. The molecule has 0 spiro atoms. The minimum atomic E-state index is 0.631. The van der Waals surface area contributed by atoms with E-state index in [2.05, 4.69) is 95.4 Å². The lowest BCUT2D eigenvalue weighted by molar-refractivity contribution is 1.35. The van der Waals surface area contributed by atoms with E-state index in [0.29, 0.717) is 10.0 Å². The zero-order chi connectivity index (χ0) is 22.1. The molecule has 0 amide bonds. The Balaban J connectivity index is 2.03. The fraction of sp³-hybridized carbons (Fsp3) is 0. The summed E-state index contributed by atoms with van der Waals surface area (Å²) < 4.78 is 2.34. The molecule has 0 aliphatic heterocycles. The molecule has 33 heavy (non-hydrogen) atoms. The number of hydrogen-bond acceptors (Lipinski definition) is 0. The van der Waals surface area contributed by atoms with Gasteiger partial charge in [0.2, 0.25) is 0 Å². The second-order valence-electron chi connectivity index (χ2n) is 8.43. The summed E-state index contributed by atoms with van der Waals surface area (Å²) in [6.45, 7) is 0. The van der Waals surface area contributed by atoms with Gasteiger partial charge in [0, 0.05) is 26.6 Å². The number of benzene rings is 5. The predicted molar refractivity (Wildman–Crippen MR) is 144 cm³/mol. The Morgan fingerprint density at radius 3 is 1.67 bits per heavy atom. The van der Waals surface area contributed by atoms with Gasteiger partial charge in [-0.3, -0.25) is 0 Å². The van der Waals surface area contributed by atoms with Gasteiger partial charge in [-0.05, 0) is 39.7 Å². The van der Waals surface area contributed by atoms with Crippen molar-refractivity contribution in [2.45, 2.75) is 0 Å². The Morgan fingerprint density at radius 1 is 0.455 bits per heavy atom. The molecule has 5 aromatic carbocycles. The van der Waals surface area contributed by atoms with Crippen LogP contribution in [-0.2, 0) is 0 Å². The SMILES string of the molecule is Clc1cc(Cl)c2c3cccc4c5ccccc5c5ccccc5c5ccccc5n(c2c1)c43. The smallest absolute Gasteiger partial charge is 0.0620 e. The maximum absolute atomic E-state index is 6.81. The number of halogens is 2. The molecule has 0 radical (unpaired) electrons. The van der Waals surface area contributed by atoms with Crippen LogP contribution in [0.5, 0.6) is 0 Å². The van der Waals surface area contributed by atoms with E-state index in [1.165, 1.54) is 32.3 Å². The van der Waals surface area contributed by atoms with Crippen molar-refractivity contribution in [1.82, 2.24) is 4.40 Å². The van der Waals surface area contributed by atoms with Crippen LogP contribution in [0.15, 0.2) is 103 Å². The normalized spacial score (nSPS) is 11.9. The molecule has 7 aromatic rings. The molecule has 0 N–H and O–H groups in total. The minimum absolute atomic E-state index is 0.631. The molecular formula is C30H17Cl2N. The fourth-order valence-electron chi connectivity index (χ4n) is 5.38. The molecule has 2 heterocycles. The summed E-state index contributed by atoms with van der Waals surface area (Å²) in [5, 5.41) is 10.7. The van der Waals surface area contributed by atoms with Gasteiger partial charge in [0.05, 0.1) is 21.6 Å². The van der Waals surface area contributed by atoms with Crippen molar-refractivity contribution in [3.8, 4) is 0 Å². The Labute approximate surface area is 200 Å². The maximum atomic E-state index is 6.81. The van der Waals surface area contributed by atoms with Crippen LogP contribution < -0.4 is 0 Å². The fourth-order valence-corrected chi connectivity index (χ4v) is 5.96. The van der Waals surface area contributed by atoms with E-state index >= 15 is 0 Å². The third-order valence-corrected chi connectivity index (χ3v) is 7.19. The number of aromatic nitrogens is 1. The summed E-state index contributed by atoms with van der Waals surface area (Å²) in [4.78, 5) is 0. The van der Waals surface area contributed by atoms with Gasteiger partial charge in [-0.2, -0.15) is 0 Å². The van der Waals surface area contributed by atoms with E-state index in [0.717, 1.165) is 27.3 Å². The average Bonchev–Trinajstić information content (AvgIpc) is 3.19. The van der Waals surface area contributed by atoms with Crippen molar-refractivity contribution in [3.05, 3.63) is 113 Å². The van der Waals surface area contributed by atoms with Crippen molar-refractivity contribution >= 4 is 82.8 Å². The number of fused-ring (bicyclic) bond motifs is 10. The van der Waals surface area contributed by atoms with Gasteiger partial charge in [0.15, 0.2) is 0 Å². The molecule has 3 heteroatoms. The quantitative estimate of drug-likeness (QED) is 0.211. The van der Waals surface area contributed by atoms with Gasteiger partial charge < -0.3 is 4.40 Å². The first-order valence-corrected chi connectivity index (χ1v) is 11.7. The highest BCUT2D eigenvalue weighted by molar-refractivity contribution is 6.41. The Bertz CT molecular complexity index is 1950. The van der Waals surface area contributed by atoms with E-state index in [-0.39, 0.29) is 0 Å². The van der Waals surface area contributed by atoms with Crippen LogP contribution in [0.2, 0.25) is 10.0 Å². The second kappa shape index (κ2) is 6.99. The summed E-state index contributed by atoms with van der Waals surface area (Å²) >= 11 is 13.3. The van der Waals surface area contributed by atoms with E-state index in [4.69, 9.17) is 23.2 Å². The van der Waals surface area contributed by atoms with Crippen LogP contribution in [0.4, 0.5) is 0 Å². The van der Waals surface area contributed by atoms with E-state index in [1.54, 1.807) is 0 Å². The predicted octanol–water partition coefficient (Wildman–Crippen LogP) is 9.57. The summed E-state index contributed by atoms with van der Waals surface area (Å²) in [6.07, 6.45) is 0. The topological polar surface area (TPSA) is 4.41 Å². The van der Waals surface area contributed by atoms with Gasteiger partial charge in [-0.1, -0.05) is 108 Å². The molecule has 2 aromatic heterocycles. The lowest BCUT2D eigenvalue weighted by atomic mass is 10.0. The Morgan fingerprint density at radius 2 is 0.970 bits per heavy atom. The second-order valence-corrected chi connectivity index (χ2v) is 9.27. The molecule has 0 saturated heterocycles. The van der Waals surface area contributed by atoms with Crippen LogP contribution in [0.1, 0.15) is 0 Å². The van der Waals surface area contributed by atoms with Gasteiger partial charge >= 0.3 is 0 Å². The van der Waals surface area contributed by atoms with E-state index < -0.39 is 0 Å². The zero-order valence-electron chi connectivity index (χ0n) is 17.5. The summed E-state index contributed by atoms with van der Waals surface area (Å²) in [5.41, 5.74) is 3.27. The van der Waals surface area contributed by atoms with Crippen LogP contribution in [-0.4, -0.2) is 4.40 Å². The zero-order valence-corrected chi connectivity index (χ0v) is 19.0. The van der Waals surface area contributed by atoms with Crippen LogP contribution in [0, 0.1) is 0 Å². The molecule has 0 aliphatic carbocycles. The molecule has 0 unspecified atom stereocenters. The monoisotopic (exact) mass is 461 g/mol. The number of nitrogens with zero attached hydrogens (tertiary/aromatic N) is 1. The molecular weight excluding hydrogens is 445 g/mol. The highest BCUT2D eigenvalue weighted by Gasteiger charge is 2.17. The molecule has 0 aliphatic rings. The summed E-state index contributed by atoms with van der Waals surface area (Å²) in [6, 6.07) is 36.3. The maximum Gasteiger partial charge on any atom is 0.0620 e. The lowest BCUT2D eigenvalue weighted by Gasteiger charge is -2.04. The van der Waals surface area contributed by atoms with Crippen molar-refractivity contribution in [2.75, 3.05) is 0 Å². The lowest BCUT2D eigenvalue weighted by Crippen LogP contribution is -1.86. The molecule has 0 bridgehead atoms. The summed E-state index contributed by atoms with van der Waals surface area (Å²) in [5.74, 6) is 0. The highest BCUT2D eigenvalue weighted by Crippen LogP contribution is 2.41.